The maximum Gasteiger partial charge on any atom is 0.144 e. The summed E-state index contributed by atoms with van der Waals surface area (Å²) in [5, 5.41) is 1.13. The first-order valence-corrected chi connectivity index (χ1v) is 8.10. The van der Waals surface area contributed by atoms with Crippen LogP contribution in [0.15, 0.2) is 60.8 Å². The summed E-state index contributed by atoms with van der Waals surface area (Å²) in [6.07, 6.45) is 2.62. The SMILES string of the molecule is O=[SH](=O)Cc1ccc(Cc2ccc3ncccc3c2)cc1. The van der Waals surface area contributed by atoms with Crippen LogP contribution >= 0.6 is 0 Å². The van der Waals surface area contributed by atoms with Gasteiger partial charge in [-0.1, -0.05) is 36.4 Å². The van der Waals surface area contributed by atoms with Crippen molar-refractivity contribution >= 4 is 21.6 Å². The van der Waals surface area contributed by atoms with Crippen LogP contribution in [0.4, 0.5) is 0 Å². The Bertz CT molecular complexity index is 831. The van der Waals surface area contributed by atoms with Gasteiger partial charge in [-0.25, -0.2) is 8.42 Å². The van der Waals surface area contributed by atoms with Crippen molar-refractivity contribution in [1.82, 2.24) is 4.98 Å². The molecule has 4 heteroatoms. The highest BCUT2D eigenvalue weighted by Gasteiger charge is 2.00. The van der Waals surface area contributed by atoms with Crippen molar-refractivity contribution in [2.45, 2.75) is 12.2 Å². The highest BCUT2D eigenvalue weighted by Crippen LogP contribution is 2.17. The molecule has 0 amide bonds. The summed E-state index contributed by atoms with van der Waals surface area (Å²) in [4.78, 5) is 4.31. The second-order valence-electron chi connectivity index (χ2n) is 5.01. The molecular formula is C17H15NO2S. The van der Waals surface area contributed by atoms with Crippen LogP contribution in [0.5, 0.6) is 0 Å². The smallest absolute Gasteiger partial charge is 0.144 e. The van der Waals surface area contributed by atoms with Gasteiger partial charge in [0.15, 0.2) is 0 Å². The molecule has 0 fully saturated rings. The van der Waals surface area contributed by atoms with Crippen LogP contribution in [0.1, 0.15) is 16.7 Å². The molecule has 0 spiro atoms. The fourth-order valence-corrected chi connectivity index (χ4v) is 2.89. The summed E-state index contributed by atoms with van der Waals surface area (Å²) in [5.41, 5.74) is 4.22. The van der Waals surface area contributed by atoms with Gasteiger partial charge in [-0.3, -0.25) is 4.98 Å². The summed E-state index contributed by atoms with van der Waals surface area (Å²) in [5.74, 6) is 0.108. The van der Waals surface area contributed by atoms with Crippen LogP contribution < -0.4 is 0 Å². The molecule has 0 N–H and O–H groups in total. The Morgan fingerprint density at radius 1 is 0.857 bits per heavy atom. The minimum atomic E-state index is -2.36. The highest BCUT2D eigenvalue weighted by atomic mass is 32.2. The number of thiol groups is 1. The molecular weight excluding hydrogens is 282 g/mol. The van der Waals surface area contributed by atoms with Gasteiger partial charge in [0.2, 0.25) is 0 Å². The van der Waals surface area contributed by atoms with Crippen LogP contribution in [-0.2, 0) is 22.9 Å². The second kappa shape index (κ2) is 6.06. The lowest BCUT2D eigenvalue weighted by Gasteiger charge is -2.05. The Morgan fingerprint density at radius 3 is 2.33 bits per heavy atom. The van der Waals surface area contributed by atoms with E-state index in [9.17, 15) is 8.42 Å². The third kappa shape index (κ3) is 3.47. The highest BCUT2D eigenvalue weighted by molar-refractivity contribution is 7.71. The van der Waals surface area contributed by atoms with E-state index in [2.05, 4.69) is 23.2 Å². The Balaban J connectivity index is 1.81. The predicted octanol–water partition coefficient (Wildman–Crippen LogP) is 2.94. The van der Waals surface area contributed by atoms with Crippen molar-refractivity contribution in [3.05, 3.63) is 77.5 Å². The fraction of sp³-hybridized carbons (Fsp3) is 0.118. The van der Waals surface area contributed by atoms with E-state index >= 15 is 0 Å². The maximum absolute atomic E-state index is 10.7. The van der Waals surface area contributed by atoms with Crippen molar-refractivity contribution in [3.8, 4) is 0 Å². The molecule has 0 bridgehead atoms. The summed E-state index contributed by atoms with van der Waals surface area (Å²) in [7, 11) is -2.36. The van der Waals surface area contributed by atoms with Gasteiger partial charge in [-0.2, -0.15) is 0 Å². The Morgan fingerprint density at radius 2 is 1.57 bits per heavy atom. The third-order valence-electron chi connectivity index (χ3n) is 3.41. The van der Waals surface area contributed by atoms with Gasteiger partial charge in [-0.15, -0.1) is 0 Å². The predicted molar refractivity (Wildman–Crippen MR) is 85.0 cm³/mol. The van der Waals surface area contributed by atoms with Gasteiger partial charge in [0.25, 0.3) is 0 Å². The van der Waals surface area contributed by atoms with Crippen LogP contribution in [-0.4, -0.2) is 13.4 Å². The topological polar surface area (TPSA) is 47.0 Å². The number of rotatable bonds is 4. The molecule has 3 nitrogen and oxygen atoms in total. The average molecular weight is 297 g/mol. The van der Waals surface area contributed by atoms with Crippen molar-refractivity contribution in [2.24, 2.45) is 0 Å². The van der Waals surface area contributed by atoms with Crippen LogP contribution in [0, 0.1) is 0 Å². The lowest BCUT2D eigenvalue weighted by Crippen LogP contribution is -1.91. The van der Waals surface area contributed by atoms with Crippen LogP contribution in [0.3, 0.4) is 0 Å². The molecule has 0 aliphatic rings. The molecule has 0 saturated carbocycles. The standard InChI is InChI=1S/C17H15NO2S/c19-21(20)12-14-5-3-13(4-6-14)10-15-7-8-17-16(11-15)2-1-9-18-17/h1-9,11,21H,10,12H2. The molecule has 0 aliphatic heterocycles. The normalized spacial score (nSPS) is 11.1. The van der Waals surface area contributed by atoms with Crippen molar-refractivity contribution in [2.75, 3.05) is 0 Å². The first-order valence-electron chi connectivity index (χ1n) is 6.74. The second-order valence-corrected chi connectivity index (χ2v) is 6.00. The fourth-order valence-electron chi connectivity index (χ4n) is 2.38. The zero-order valence-corrected chi connectivity index (χ0v) is 12.3. The monoisotopic (exact) mass is 297 g/mol. The first-order chi connectivity index (χ1) is 10.2. The lowest BCUT2D eigenvalue weighted by molar-refractivity contribution is 0.614. The van der Waals surface area contributed by atoms with Crippen LogP contribution in [0.25, 0.3) is 10.9 Å². The summed E-state index contributed by atoms with van der Waals surface area (Å²) in [6, 6.07) is 18.0. The van der Waals surface area contributed by atoms with Gasteiger partial charge in [0.1, 0.15) is 10.7 Å². The first kappa shape index (κ1) is 13.8. The molecule has 3 aromatic rings. The van der Waals surface area contributed by atoms with E-state index in [0.717, 1.165) is 22.9 Å². The lowest BCUT2D eigenvalue weighted by atomic mass is 10.0. The van der Waals surface area contributed by atoms with Crippen molar-refractivity contribution < 1.29 is 8.42 Å². The van der Waals surface area contributed by atoms with E-state index in [4.69, 9.17) is 0 Å². The number of benzene rings is 2. The van der Waals surface area contributed by atoms with E-state index in [-0.39, 0.29) is 5.75 Å². The molecule has 106 valence electrons. The molecule has 0 aliphatic carbocycles. The van der Waals surface area contributed by atoms with E-state index in [1.807, 2.05) is 36.4 Å². The van der Waals surface area contributed by atoms with Gasteiger partial charge in [-0.05, 0) is 41.3 Å². The Hall–Kier alpha value is -2.20. The Kier molecular flexibility index (Phi) is 3.97. The molecule has 3 rings (SSSR count). The third-order valence-corrected chi connectivity index (χ3v) is 4.03. The molecule has 0 unspecified atom stereocenters. The van der Waals surface area contributed by atoms with Gasteiger partial charge >= 0.3 is 0 Å². The summed E-state index contributed by atoms with van der Waals surface area (Å²) >= 11 is 0. The van der Waals surface area contributed by atoms with E-state index in [1.54, 1.807) is 6.20 Å². The maximum atomic E-state index is 10.7. The van der Waals surface area contributed by atoms with Crippen molar-refractivity contribution in [3.63, 3.8) is 0 Å². The molecule has 21 heavy (non-hydrogen) atoms. The largest absolute Gasteiger partial charge is 0.256 e. The average Bonchev–Trinajstić information content (AvgIpc) is 2.49. The number of aromatic nitrogens is 1. The minimum Gasteiger partial charge on any atom is -0.256 e. The number of fused-ring (bicyclic) bond motifs is 1. The Labute approximate surface area is 125 Å². The number of hydrogen-bond acceptors (Lipinski definition) is 3. The molecule has 0 atom stereocenters. The van der Waals surface area contributed by atoms with Crippen molar-refractivity contribution in [1.29, 1.82) is 0 Å². The molecule has 1 heterocycles. The number of pyridine rings is 1. The summed E-state index contributed by atoms with van der Waals surface area (Å²) < 4.78 is 21.4. The number of hydrogen-bond donors (Lipinski definition) is 1. The van der Waals surface area contributed by atoms with Crippen LogP contribution in [0.2, 0.25) is 0 Å². The molecule has 0 saturated heterocycles. The van der Waals surface area contributed by atoms with Gasteiger partial charge in [0.05, 0.1) is 11.3 Å². The molecule has 1 aromatic heterocycles. The zero-order chi connectivity index (χ0) is 14.7. The molecule has 0 radical (unpaired) electrons. The van der Waals surface area contributed by atoms with Gasteiger partial charge in [0, 0.05) is 11.6 Å². The minimum absolute atomic E-state index is 0.108. The van der Waals surface area contributed by atoms with E-state index in [1.165, 1.54) is 11.1 Å². The van der Waals surface area contributed by atoms with Gasteiger partial charge < -0.3 is 0 Å². The number of nitrogens with zero attached hydrogens (tertiary/aromatic N) is 1. The molecule has 2 aromatic carbocycles. The quantitative estimate of drug-likeness (QED) is 0.753. The summed E-state index contributed by atoms with van der Waals surface area (Å²) in [6.45, 7) is 0. The zero-order valence-electron chi connectivity index (χ0n) is 11.4. The van der Waals surface area contributed by atoms with E-state index < -0.39 is 10.7 Å². The van der Waals surface area contributed by atoms with E-state index in [0.29, 0.717) is 0 Å².